The van der Waals surface area contributed by atoms with Gasteiger partial charge >= 0.3 is 206 Å². The van der Waals surface area contributed by atoms with E-state index in [2.05, 4.69) is 39.1 Å². The third-order valence-electron chi connectivity index (χ3n) is 5.13. The fraction of sp³-hybridized carbons (Fsp3) is 0.909. The third kappa shape index (κ3) is 13.6. The predicted molar refractivity (Wildman–Crippen MR) is 134 cm³/mol. The van der Waals surface area contributed by atoms with E-state index in [1.807, 2.05) is 13.8 Å². The van der Waals surface area contributed by atoms with Crippen molar-refractivity contribution in [1.82, 2.24) is 0 Å². The molecule has 0 saturated carbocycles. The molecule has 0 radical (unpaired) electrons. The molecule has 9 heteroatoms. The van der Waals surface area contributed by atoms with Crippen molar-refractivity contribution in [3.8, 4) is 0 Å². The van der Waals surface area contributed by atoms with Crippen LogP contribution in [0.5, 0.6) is 0 Å². The molecule has 0 saturated heterocycles. The van der Waals surface area contributed by atoms with E-state index < -0.39 is 19.2 Å². The Kier molecular flexibility index (Phi) is 20.0. The second-order valence-corrected chi connectivity index (χ2v) is 17.6. The van der Waals surface area contributed by atoms with Gasteiger partial charge in [-0.25, -0.2) is 0 Å². The fourth-order valence-electron chi connectivity index (χ4n) is 3.08. The van der Waals surface area contributed by atoms with Crippen LogP contribution in [-0.4, -0.2) is 69.1 Å². The zero-order chi connectivity index (χ0) is 23.5. The second kappa shape index (κ2) is 19.8. The maximum absolute atomic E-state index is 13.0. The standard InChI is InChI=1S/2C7H14O3S.2C4H9.Sn/c2*1-2-10-4-3-6(5-11)7(8)9;2*1-3-4-2;/h2*6,11H,2-5H2,1H3,(H,8,9);2*1,3-4H2,2H3;/q;;;;+2/p-2. The zero-order valence-electron chi connectivity index (χ0n) is 19.9. The Labute approximate surface area is 205 Å². The van der Waals surface area contributed by atoms with Crippen LogP contribution in [-0.2, 0) is 25.2 Å². The molecule has 0 aromatic heterocycles. The predicted octanol–water partition coefficient (Wildman–Crippen LogP) is 5.06. The summed E-state index contributed by atoms with van der Waals surface area (Å²) < 4.78 is 24.6. The molecule has 0 N–H and O–H groups in total. The van der Waals surface area contributed by atoms with Crippen LogP contribution in [0.15, 0.2) is 0 Å². The molecule has 0 spiro atoms. The molecule has 31 heavy (non-hydrogen) atoms. The van der Waals surface area contributed by atoms with Gasteiger partial charge in [0.15, 0.2) is 0 Å². The summed E-state index contributed by atoms with van der Waals surface area (Å²) in [6.07, 6.45) is 4.80. The molecule has 0 aromatic rings. The first-order valence-electron chi connectivity index (χ1n) is 11.8. The van der Waals surface area contributed by atoms with Crippen molar-refractivity contribution < 1.29 is 25.2 Å². The number of hydrogen-bond donors (Lipinski definition) is 2. The van der Waals surface area contributed by atoms with Crippen molar-refractivity contribution in [2.45, 2.75) is 75.1 Å². The quantitative estimate of drug-likeness (QED) is 0.118. The van der Waals surface area contributed by atoms with Gasteiger partial charge in [0.05, 0.1) is 0 Å². The van der Waals surface area contributed by atoms with Gasteiger partial charge in [-0.1, -0.05) is 0 Å². The molecule has 0 heterocycles. The SMILES string of the molecule is CCC[CH2][Sn]([CH2]CCC)([O]C(=O)C(CS)CCOCC)[O]C(=O)C(CS)CCOCC. The van der Waals surface area contributed by atoms with Crippen molar-refractivity contribution in [2.24, 2.45) is 11.8 Å². The van der Waals surface area contributed by atoms with Crippen LogP contribution < -0.4 is 0 Å². The molecule has 2 unspecified atom stereocenters. The molecule has 0 aliphatic carbocycles. The Bertz CT molecular complexity index is 439. The number of thiol groups is 2. The van der Waals surface area contributed by atoms with Gasteiger partial charge in [0.25, 0.3) is 0 Å². The average molecular weight is 587 g/mol. The topological polar surface area (TPSA) is 71.1 Å². The second-order valence-electron chi connectivity index (χ2n) is 7.69. The van der Waals surface area contributed by atoms with Crippen LogP contribution in [0.1, 0.15) is 66.2 Å². The molecule has 6 nitrogen and oxygen atoms in total. The number of ether oxygens (including phenoxy) is 2. The monoisotopic (exact) mass is 588 g/mol. The van der Waals surface area contributed by atoms with Crippen molar-refractivity contribution >= 4 is 56.4 Å². The van der Waals surface area contributed by atoms with Crippen LogP contribution in [0.3, 0.4) is 0 Å². The molecule has 0 rings (SSSR count). The van der Waals surface area contributed by atoms with E-state index in [4.69, 9.17) is 15.6 Å². The Morgan fingerprint density at radius 1 is 0.742 bits per heavy atom. The minimum atomic E-state index is -3.99. The summed E-state index contributed by atoms with van der Waals surface area (Å²) in [7, 11) is 0. The van der Waals surface area contributed by atoms with E-state index in [9.17, 15) is 9.59 Å². The molecular weight excluding hydrogens is 543 g/mol. The minimum absolute atomic E-state index is 0.290. The van der Waals surface area contributed by atoms with Gasteiger partial charge in [-0.15, -0.1) is 0 Å². The van der Waals surface area contributed by atoms with Gasteiger partial charge in [0.2, 0.25) is 0 Å². The van der Waals surface area contributed by atoms with E-state index in [1.165, 1.54) is 0 Å². The van der Waals surface area contributed by atoms with Gasteiger partial charge < -0.3 is 0 Å². The van der Waals surface area contributed by atoms with Crippen LogP contribution in [0.2, 0.25) is 8.87 Å². The van der Waals surface area contributed by atoms with E-state index in [-0.39, 0.29) is 23.8 Å². The summed E-state index contributed by atoms with van der Waals surface area (Å²) in [6, 6.07) is 0. The molecule has 0 amide bonds. The van der Waals surface area contributed by atoms with Crippen molar-refractivity contribution in [3.05, 3.63) is 0 Å². The maximum atomic E-state index is 13.0. The van der Waals surface area contributed by atoms with Gasteiger partial charge in [-0.3, -0.25) is 0 Å². The Balaban J connectivity index is 5.49. The number of hydrogen-bond acceptors (Lipinski definition) is 8. The Hall–Kier alpha value is 0.359. The molecule has 2 atom stereocenters. The molecular formula is C22H44O6S2Sn. The van der Waals surface area contributed by atoms with Gasteiger partial charge in [-0.05, 0) is 0 Å². The first-order chi connectivity index (χ1) is 14.9. The van der Waals surface area contributed by atoms with E-state index in [0.717, 1.165) is 25.7 Å². The number of unbranched alkanes of at least 4 members (excludes halogenated alkanes) is 2. The first kappa shape index (κ1) is 31.4. The van der Waals surface area contributed by atoms with Crippen molar-refractivity contribution in [2.75, 3.05) is 37.9 Å². The van der Waals surface area contributed by atoms with Gasteiger partial charge in [0.1, 0.15) is 0 Å². The van der Waals surface area contributed by atoms with E-state index in [1.54, 1.807) is 0 Å². The summed E-state index contributed by atoms with van der Waals surface area (Å²) in [5.74, 6) is -0.517. The summed E-state index contributed by atoms with van der Waals surface area (Å²) >= 11 is 4.70. The Morgan fingerprint density at radius 3 is 1.42 bits per heavy atom. The van der Waals surface area contributed by atoms with Gasteiger partial charge in [-0.2, -0.15) is 0 Å². The van der Waals surface area contributed by atoms with Crippen molar-refractivity contribution in [1.29, 1.82) is 0 Å². The normalized spacial score (nSPS) is 13.6. The van der Waals surface area contributed by atoms with E-state index >= 15 is 0 Å². The first-order valence-corrected chi connectivity index (χ1v) is 19.4. The molecule has 0 aliphatic heterocycles. The number of carbonyl (C=O) groups is 2. The summed E-state index contributed by atoms with van der Waals surface area (Å²) in [4.78, 5) is 26.1. The summed E-state index contributed by atoms with van der Waals surface area (Å²) in [6.45, 7) is 10.2. The molecule has 184 valence electrons. The van der Waals surface area contributed by atoms with Crippen LogP contribution in [0.25, 0.3) is 0 Å². The zero-order valence-corrected chi connectivity index (χ0v) is 24.5. The molecule has 0 fully saturated rings. The van der Waals surface area contributed by atoms with Crippen LogP contribution >= 0.6 is 25.3 Å². The average Bonchev–Trinajstić information content (AvgIpc) is 2.76. The van der Waals surface area contributed by atoms with Crippen LogP contribution in [0.4, 0.5) is 0 Å². The summed E-state index contributed by atoms with van der Waals surface area (Å²) in [5.41, 5.74) is 0. The Morgan fingerprint density at radius 2 is 1.13 bits per heavy atom. The van der Waals surface area contributed by atoms with Gasteiger partial charge in [0, 0.05) is 0 Å². The van der Waals surface area contributed by atoms with Crippen LogP contribution in [0, 0.1) is 11.8 Å². The molecule has 0 aliphatic rings. The molecule has 0 bridgehead atoms. The molecule has 0 aromatic carbocycles. The third-order valence-corrected chi connectivity index (χ3v) is 15.7. The summed E-state index contributed by atoms with van der Waals surface area (Å²) in [5, 5.41) is 0. The number of rotatable bonds is 20. The fourth-order valence-corrected chi connectivity index (χ4v) is 13.9. The van der Waals surface area contributed by atoms with Crippen molar-refractivity contribution in [3.63, 3.8) is 0 Å². The number of carbonyl (C=O) groups excluding carboxylic acids is 2. The van der Waals surface area contributed by atoms with E-state index in [0.29, 0.717) is 59.6 Å².